The summed E-state index contributed by atoms with van der Waals surface area (Å²) in [6.07, 6.45) is 1.61. The van der Waals surface area contributed by atoms with Crippen molar-refractivity contribution in [1.82, 2.24) is 14.8 Å². The van der Waals surface area contributed by atoms with Crippen LogP contribution in [0.25, 0.3) is 16.5 Å². The molecule has 1 aliphatic rings. The smallest absolute Gasteiger partial charge is 0.262 e. The maximum atomic E-state index is 13.0. The number of ether oxygens (including phenoxy) is 1. The van der Waals surface area contributed by atoms with Crippen LogP contribution >= 0.6 is 11.6 Å². The number of halogens is 1. The molecule has 6 nitrogen and oxygen atoms in total. The van der Waals surface area contributed by atoms with Gasteiger partial charge in [-0.3, -0.25) is 19.1 Å². The number of nitrogens with one attached hydrogen (secondary N) is 1. The molecule has 1 aliphatic heterocycles. The van der Waals surface area contributed by atoms with Crippen LogP contribution in [-0.2, 0) is 4.74 Å². The molecule has 7 heteroatoms. The lowest BCUT2D eigenvalue weighted by molar-refractivity contribution is 0.0383. The number of pyridine rings is 1. The molecule has 150 valence electrons. The van der Waals surface area contributed by atoms with Crippen LogP contribution in [0.3, 0.4) is 0 Å². The third kappa shape index (κ3) is 4.34. The number of amides is 1. The van der Waals surface area contributed by atoms with E-state index in [0.29, 0.717) is 33.6 Å². The fourth-order valence-electron chi connectivity index (χ4n) is 3.51. The van der Waals surface area contributed by atoms with Gasteiger partial charge in [0.25, 0.3) is 11.5 Å². The standard InChI is InChI=1S/C22H22ClN3O3/c23-16-5-7-17(8-6-16)26-15-20(18-3-1-2-4-19(18)22(26)28)21(27)24-9-10-25-11-13-29-14-12-25/h1-8,15H,9-14H2,(H,24,27). The summed E-state index contributed by atoms with van der Waals surface area (Å²) in [4.78, 5) is 28.2. The van der Waals surface area contributed by atoms with Crippen LogP contribution < -0.4 is 10.9 Å². The van der Waals surface area contributed by atoms with E-state index in [9.17, 15) is 9.59 Å². The van der Waals surface area contributed by atoms with Crippen molar-refractivity contribution in [2.45, 2.75) is 0 Å². The molecule has 2 heterocycles. The first-order chi connectivity index (χ1) is 14.1. The Bertz CT molecular complexity index is 1070. The lowest BCUT2D eigenvalue weighted by Gasteiger charge is -2.26. The number of fused-ring (bicyclic) bond motifs is 1. The van der Waals surface area contributed by atoms with Crippen LogP contribution in [-0.4, -0.2) is 54.8 Å². The highest BCUT2D eigenvalue weighted by Crippen LogP contribution is 2.19. The molecular weight excluding hydrogens is 390 g/mol. The van der Waals surface area contributed by atoms with E-state index in [1.807, 2.05) is 6.07 Å². The molecule has 4 rings (SSSR count). The van der Waals surface area contributed by atoms with Gasteiger partial charge in [-0.25, -0.2) is 0 Å². The molecule has 1 N–H and O–H groups in total. The van der Waals surface area contributed by atoms with Crippen molar-refractivity contribution >= 4 is 28.3 Å². The third-order valence-electron chi connectivity index (χ3n) is 5.09. The minimum atomic E-state index is -0.197. The zero-order valence-electron chi connectivity index (χ0n) is 15.9. The number of hydrogen-bond donors (Lipinski definition) is 1. The molecule has 0 bridgehead atoms. The molecule has 0 unspecified atom stereocenters. The molecule has 1 amide bonds. The maximum Gasteiger partial charge on any atom is 0.262 e. The molecule has 1 saturated heterocycles. The molecule has 0 aliphatic carbocycles. The van der Waals surface area contributed by atoms with Gasteiger partial charge in [-0.1, -0.05) is 29.8 Å². The lowest BCUT2D eigenvalue weighted by Crippen LogP contribution is -2.41. The van der Waals surface area contributed by atoms with Crippen molar-refractivity contribution < 1.29 is 9.53 Å². The first-order valence-corrected chi connectivity index (χ1v) is 10.00. The summed E-state index contributed by atoms with van der Waals surface area (Å²) in [6, 6.07) is 14.2. The number of nitrogens with zero attached hydrogens (tertiary/aromatic N) is 2. The predicted molar refractivity (Wildman–Crippen MR) is 114 cm³/mol. The molecular formula is C22H22ClN3O3. The second kappa shape index (κ2) is 8.78. The molecule has 3 aromatic rings. The second-order valence-corrected chi connectivity index (χ2v) is 7.39. The van der Waals surface area contributed by atoms with Gasteiger partial charge < -0.3 is 10.1 Å². The van der Waals surface area contributed by atoms with Gasteiger partial charge in [0.1, 0.15) is 0 Å². The van der Waals surface area contributed by atoms with Crippen LogP contribution in [0.15, 0.2) is 59.5 Å². The van der Waals surface area contributed by atoms with E-state index >= 15 is 0 Å². The Morgan fingerprint density at radius 3 is 2.45 bits per heavy atom. The van der Waals surface area contributed by atoms with Gasteiger partial charge in [0, 0.05) is 53.9 Å². The van der Waals surface area contributed by atoms with E-state index in [1.54, 1.807) is 48.7 Å². The molecule has 1 fully saturated rings. The average Bonchev–Trinajstić information content (AvgIpc) is 2.76. The molecule has 2 aromatic carbocycles. The molecule has 29 heavy (non-hydrogen) atoms. The summed E-state index contributed by atoms with van der Waals surface area (Å²) < 4.78 is 6.84. The minimum Gasteiger partial charge on any atom is -0.379 e. The fraction of sp³-hybridized carbons (Fsp3) is 0.273. The Morgan fingerprint density at radius 2 is 1.72 bits per heavy atom. The highest BCUT2D eigenvalue weighted by molar-refractivity contribution is 6.30. The van der Waals surface area contributed by atoms with Gasteiger partial charge in [-0.05, 0) is 30.3 Å². The minimum absolute atomic E-state index is 0.173. The fourth-order valence-corrected chi connectivity index (χ4v) is 3.64. The Hall–Kier alpha value is -2.67. The number of carbonyl (C=O) groups excluding carboxylic acids is 1. The largest absolute Gasteiger partial charge is 0.379 e. The molecule has 1 aromatic heterocycles. The van der Waals surface area contributed by atoms with Crippen molar-refractivity contribution in [3.63, 3.8) is 0 Å². The summed E-state index contributed by atoms with van der Waals surface area (Å²) >= 11 is 5.97. The van der Waals surface area contributed by atoms with E-state index < -0.39 is 0 Å². The quantitative estimate of drug-likeness (QED) is 0.701. The van der Waals surface area contributed by atoms with Crippen molar-refractivity contribution in [3.8, 4) is 5.69 Å². The van der Waals surface area contributed by atoms with Crippen molar-refractivity contribution in [3.05, 3.63) is 75.7 Å². The van der Waals surface area contributed by atoms with E-state index in [2.05, 4.69) is 10.2 Å². The van der Waals surface area contributed by atoms with E-state index in [1.165, 1.54) is 4.57 Å². The Balaban J connectivity index is 1.63. The summed E-state index contributed by atoms with van der Waals surface area (Å²) in [6.45, 7) is 4.51. The van der Waals surface area contributed by atoms with Gasteiger partial charge in [-0.15, -0.1) is 0 Å². The van der Waals surface area contributed by atoms with Crippen LogP contribution in [0.4, 0.5) is 0 Å². The molecule has 0 atom stereocenters. The van der Waals surface area contributed by atoms with Gasteiger partial charge in [0.2, 0.25) is 0 Å². The highest BCUT2D eigenvalue weighted by atomic mass is 35.5. The second-order valence-electron chi connectivity index (χ2n) is 6.95. The normalized spacial score (nSPS) is 14.8. The van der Waals surface area contributed by atoms with Crippen LogP contribution in [0, 0.1) is 0 Å². The highest BCUT2D eigenvalue weighted by Gasteiger charge is 2.16. The van der Waals surface area contributed by atoms with E-state index in [4.69, 9.17) is 16.3 Å². The number of carbonyl (C=O) groups is 1. The monoisotopic (exact) mass is 411 g/mol. The lowest BCUT2D eigenvalue weighted by atomic mass is 10.1. The number of hydrogen-bond acceptors (Lipinski definition) is 4. The van der Waals surface area contributed by atoms with Gasteiger partial charge in [-0.2, -0.15) is 0 Å². The Morgan fingerprint density at radius 1 is 1.03 bits per heavy atom. The van der Waals surface area contributed by atoms with E-state index in [0.717, 1.165) is 32.8 Å². The first-order valence-electron chi connectivity index (χ1n) is 9.62. The van der Waals surface area contributed by atoms with Crippen LogP contribution in [0.2, 0.25) is 5.02 Å². The predicted octanol–water partition coefficient (Wildman–Crippen LogP) is 2.71. The summed E-state index contributed by atoms with van der Waals surface area (Å²) in [5, 5.41) is 4.72. The van der Waals surface area contributed by atoms with E-state index in [-0.39, 0.29) is 11.5 Å². The number of rotatable bonds is 5. The van der Waals surface area contributed by atoms with Crippen molar-refractivity contribution in [1.29, 1.82) is 0 Å². The first kappa shape index (κ1) is 19.6. The van der Waals surface area contributed by atoms with Crippen LogP contribution in [0.5, 0.6) is 0 Å². The zero-order chi connectivity index (χ0) is 20.2. The number of aromatic nitrogens is 1. The third-order valence-corrected chi connectivity index (χ3v) is 5.34. The van der Waals surface area contributed by atoms with Gasteiger partial charge in [0.15, 0.2) is 0 Å². The van der Waals surface area contributed by atoms with Crippen molar-refractivity contribution in [2.75, 3.05) is 39.4 Å². The summed E-state index contributed by atoms with van der Waals surface area (Å²) in [5.74, 6) is -0.197. The Kier molecular flexibility index (Phi) is 5.94. The van der Waals surface area contributed by atoms with Gasteiger partial charge in [0.05, 0.1) is 18.8 Å². The van der Waals surface area contributed by atoms with Crippen LogP contribution in [0.1, 0.15) is 10.4 Å². The number of morpholine rings is 1. The summed E-state index contributed by atoms with van der Waals surface area (Å²) in [7, 11) is 0. The van der Waals surface area contributed by atoms with Gasteiger partial charge >= 0.3 is 0 Å². The molecule has 0 saturated carbocycles. The Labute approximate surface area is 173 Å². The number of benzene rings is 2. The topological polar surface area (TPSA) is 63.6 Å². The summed E-state index contributed by atoms with van der Waals surface area (Å²) in [5.41, 5.74) is 0.956. The maximum absolute atomic E-state index is 13.0. The molecule has 0 spiro atoms. The zero-order valence-corrected chi connectivity index (χ0v) is 16.7. The van der Waals surface area contributed by atoms with Crippen molar-refractivity contribution in [2.24, 2.45) is 0 Å². The molecule has 0 radical (unpaired) electrons. The average molecular weight is 412 g/mol. The SMILES string of the molecule is O=C(NCCN1CCOCC1)c1cn(-c2ccc(Cl)cc2)c(=O)c2ccccc12.